The Bertz CT molecular complexity index is 1240. The molecule has 0 aromatic heterocycles. The van der Waals surface area contributed by atoms with Gasteiger partial charge in [-0.15, -0.1) is 0 Å². The summed E-state index contributed by atoms with van der Waals surface area (Å²) in [5.41, 5.74) is 4.47. The molecular formula is C28H35N5O4S. The maximum atomic E-state index is 13.6. The van der Waals surface area contributed by atoms with Crippen molar-refractivity contribution >= 4 is 46.3 Å². The number of nitro benzene ring substituents is 1. The molecule has 3 N–H and O–H groups in total. The van der Waals surface area contributed by atoms with Crippen molar-refractivity contribution in [1.29, 1.82) is 0 Å². The van der Waals surface area contributed by atoms with Crippen LogP contribution >= 0.6 is 11.9 Å². The number of nitrogens with zero attached hydrogens (tertiary/aromatic N) is 3. The fourth-order valence-electron chi connectivity index (χ4n) is 6.06. The Hall–Kier alpha value is -2.98. The van der Waals surface area contributed by atoms with Crippen LogP contribution in [0, 0.1) is 20.9 Å². The van der Waals surface area contributed by atoms with Gasteiger partial charge in [-0.3, -0.25) is 14.9 Å². The molecule has 2 aliphatic carbocycles. The van der Waals surface area contributed by atoms with Gasteiger partial charge in [0.25, 0.3) is 11.6 Å². The van der Waals surface area contributed by atoms with Crippen molar-refractivity contribution in [2.75, 3.05) is 58.4 Å². The lowest BCUT2D eigenvalue weighted by molar-refractivity contribution is -0.384. The molecule has 2 saturated heterocycles. The molecule has 2 heterocycles. The summed E-state index contributed by atoms with van der Waals surface area (Å²) in [4.78, 5) is 29.5. The van der Waals surface area contributed by atoms with E-state index in [-0.39, 0.29) is 23.1 Å². The van der Waals surface area contributed by atoms with E-state index in [0.717, 1.165) is 56.8 Å². The van der Waals surface area contributed by atoms with E-state index in [4.69, 9.17) is 5.11 Å². The van der Waals surface area contributed by atoms with Crippen molar-refractivity contribution in [3.05, 3.63) is 52.1 Å². The van der Waals surface area contributed by atoms with Crippen molar-refractivity contribution < 1.29 is 14.8 Å². The first-order valence-corrected chi connectivity index (χ1v) is 14.6. The van der Waals surface area contributed by atoms with Gasteiger partial charge in [0, 0.05) is 49.4 Å². The largest absolute Gasteiger partial charge is 0.395 e. The monoisotopic (exact) mass is 537 g/mol. The molecule has 2 aliphatic heterocycles. The molecule has 4 aliphatic rings. The van der Waals surface area contributed by atoms with Gasteiger partial charge in [-0.25, -0.2) is 0 Å². The minimum atomic E-state index is -0.333. The third-order valence-electron chi connectivity index (χ3n) is 8.91. The number of hydrogen-bond acceptors (Lipinski definition) is 8. The fraction of sp³-hybridized carbons (Fsp3) is 0.536. The number of rotatable bonds is 9. The van der Waals surface area contributed by atoms with Crippen molar-refractivity contribution in [2.24, 2.45) is 10.8 Å². The molecular weight excluding hydrogens is 502 g/mol. The number of carbonyl (C=O) groups is 1. The zero-order valence-electron chi connectivity index (χ0n) is 21.6. The molecule has 1 amide bonds. The number of amides is 1. The van der Waals surface area contributed by atoms with Crippen LogP contribution in [0.25, 0.3) is 0 Å². The van der Waals surface area contributed by atoms with Crippen LogP contribution in [0.1, 0.15) is 55.3 Å². The molecule has 0 radical (unpaired) electrons. The highest BCUT2D eigenvalue weighted by Crippen LogP contribution is 2.55. The van der Waals surface area contributed by atoms with Gasteiger partial charge >= 0.3 is 0 Å². The van der Waals surface area contributed by atoms with E-state index in [1.54, 1.807) is 12.1 Å². The summed E-state index contributed by atoms with van der Waals surface area (Å²) in [6.07, 6.45) is 8.37. The minimum Gasteiger partial charge on any atom is -0.395 e. The predicted octanol–water partition coefficient (Wildman–Crippen LogP) is 5.27. The molecule has 2 aromatic rings. The molecule has 0 bridgehead atoms. The summed E-state index contributed by atoms with van der Waals surface area (Å²) in [6, 6.07) is 10.6. The van der Waals surface area contributed by atoms with Crippen LogP contribution in [0.5, 0.6) is 0 Å². The van der Waals surface area contributed by atoms with Crippen LogP contribution in [-0.2, 0) is 0 Å². The molecule has 2 spiro atoms. The number of piperidine rings is 1. The third-order valence-corrected chi connectivity index (χ3v) is 9.68. The summed E-state index contributed by atoms with van der Waals surface area (Å²) < 4.78 is 3.27. The lowest BCUT2D eigenvalue weighted by atomic mass is 9.93. The number of carbonyl (C=O) groups excluding carboxylic acids is 1. The molecule has 38 heavy (non-hydrogen) atoms. The van der Waals surface area contributed by atoms with Crippen LogP contribution in [0.2, 0.25) is 0 Å². The number of hydrogen-bond donors (Lipinski definition) is 3. The second-order valence-electron chi connectivity index (χ2n) is 11.5. The first-order valence-electron chi connectivity index (χ1n) is 13.6. The second kappa shape index (κ2) is 9.96. The number of benzene rings is 2. The molecule has 0 unspecified atom stereocenters. The number of anilines is 4. The number of aliphatic hydroxyl groups excluding tert-OH is 1. The van der Waals surface area contributed by atoms with E-state index >= 15 is 0 Å². The summed E-state index contributed by atoms with van der Waals surface area (Å²) in [6.45, 7) is 3.59. The van der Waals surface area contributed by atoms with Gasteiger partial charge in [-0.1, -0.05) is 11.9 Å². The molecule has 202 valence electrons. The lowest BCUT2D eigenvalue weighted by Gasteiger charge is -2.35. The summed E-state index contributed by atoms with van der Waals surface area (Å²) in [5.74, 6) is 0.353. The van der Waals surface area contributed by atoms with E-state index in [1.165, 1.54) is 43.7 Å². The van der Waals surface area contributed by atoms with Crippen molar-refractivity contribution in [3.63, 3.8) is 0 Å². The highest BCUT2D eigenvalue weighted by atomic mass is 32.2. The Balaban J connectivity index is 1.24. The van der Waals surface area contributed by atoms with Crippen LogP contribution in [-0.4, -0.2) is 54.5 Å². The van der Waals surface area contributed by atoms with E-state index in [1.807, 2.05) is 18.2 Å². The molecule has 10 heteroatoms. The molecule has 2 aromatic carbocycles. The van der Waals surface area contributed by atoms with Gasteiger partial charge in [-0.2, -0.15) is 0 Å². The quantitative estimate of drug-likeness (QED) is 0.172. The third kappa shape index (κ3) is 5.16. The molecule has 6 rings (SSSR count). The lowest BCUT2D eigenvalue weighted by Crippen LogP contribution is -2.35. The molecule has 2 saturated carbocycles. The summed E-state index contributed by atoms with van der Waals surface area (Å²) in [5, 5.41) is 23.9. The van der Waals surface area contributed by atoms with Gasteiger partial charge in [0.05, 0.1) is 22.8 Å². The topological polar surface area (TPSA) is 111 Å². The first-order chi connectivity index (χ1) is 18.4. The van der Waals surface area contributed by atoms with Gasteiger partial charge in [-0.05, 0) is 86.1 Å². The van der Waals surface area contributed by atoms with Crippen LogP contribution in [0.4, 0.5) is 28.4 Å². The Kier molecular flexibility index (Phi) is 6.63. The van der Waals surface area contributed by atoms with E-state index in [9.17, 15) is 14.9 Å². The van der Waals surface area contributed by atoms with E-state index < -0.39 is 0 Å². The zero-order chi connectivity index (χ0) is 26.3. The molecule has 4 fully saturated rings. The Morgan fingerprint density at radius 2 is 1.58 bits per heavy atom. The predicted molar refractivity (Wildman–Crippen MR) is 152 cm³/mol. The smallest absolute Gasteiger partial charge is 0.292 e. The van der Waals surface area contributed by atoms with Gasteiger partial charge < -0.3 is 24.9 Å². The molecule has 9 nitrogen and oxygen atoms in total. The Morgan fingerprint density at radius 1 is 0.921 bits per heavy atom. The number of nitrogens with one attached hydrogen (secondary N) is 2. The Morgan fingerprint density at radius 3 is 2.24 bits per heavy atom. The van der Waals surface area contributed by atoms with Crippen molar-refractivity contribution in [1.82, 2.24) is 0 Å². The number of aliphatic hydroxyl groups is 1. The average Bonchev–Trinajstić information content (AvgIpc) is 3.81. The van der Waals surface area contributed by atoms with Gasteiger partial charge in [0.15, 0.2) is 0 Å². The highest BCUT2D eigenvalue weighted by molar-refractivity contribution is 8.00. The minimum absolute atomic E-state index is 0.0829. The Labute approximate surface area is 227 Å². The second-order valence-corrected chi connectivity index (χ2v) is 12.4. The maximum Gasteiger partial charge on any atom is 0.292 e. The maximum absolute atomic E-state index is 13.6. The fourth-order valence-corrected chi connectivity index (χ4v) is 6.55. The SMILES string of the molecule is O=C(Nc1ccc([N+](=O)[O-])c(N2CCC3(CC3)C2)c1)c1ccc(NSCCO)cc1N1CCC2(CC1)CC2. The van der Waals surface area contributed by atoms with Crippen LogP contribution in [0.3, 0.4) is 0 Å². The standard InChI is InChI=1S/C28H35N5O4S/c34-15-16-38-30-21-1-3-22(24(18-21)31-12-9-27(5-6-27)10-13-31)26(35)29-20-2-4-23(33(36)37)25(17-20)32-14-11-28(19-32)7-8-28/h1-4,17-18,30,34H,5-16,19H2,(H,29,35). The number of nitro groups is 1. The highest BCUT2D eigenvalue weighted by Gasteiger charge is 2.48. The first kappa shape index (κ1) is 25.3. The normalized spacial score (nSPS) is 20.6. The average molecular weight is 538 g/mol. The van der Waals surface area contributed by atoms with Crippen LogP contribution < -0.4 is 19.8 Å². The van der Waals surface area contributed by atoms with Gasteiger partial charge in [0.1, 0.15) is 5.69 Å². The van der Waals surface area contributed by atoms with E-state index in [0.29, 0.717) is 33.5 Å². The van der Waals surface area contributed by atoms with Crippen molar-refractivity contribution in [2.45, 2.75) is 44.9 Å². The summed E-state index contributed by atoms with van der Waals surface area (Å²) >= 11 is 1.43. The molecule has 0 atom stereocenters. The summed E-state index contributed by atoms with van der Waals surface area (Å²) in [7, 11) is 0. The zero-order valence-corrected chi connectivity index (χ0v) is 22.4. The van der Waals surface area contributed by atoms with Gasteiger partial charge in [0.2, 0.25) is 0 Å². The van der Waals surface area contributed by atoms with E-state index in [2.05, 4.69) is 19.8 Å². The van der Waals surface area contributed by atoms with Crippen molar-refractivity contribution in [3.8, 4) is 0 Å². The van der Waals surface area contributed by atoms with Crippen LogP contribution in [0.15, 0.2) is 36.4 Å².